The van der Waals surface area contributed by atoms with Crippen LogP contribution in [0.15, 0.2) is 22.8 Å². The Labute approximate surface area is 133 Å². The largest absolute Gasteiger partial charge is 0.468 e. The van der Waals surface area contributed by atoms with Gasteiger partial charge in [-0.3, -0.25) is 0 Å². The van der Waals surface area contributed by atoms with Crippen LogP contribution in [0.3, 0.4) is 0 Å². The predicted octanol–water partition coefficient (Wildman–Crippen LogP) is 3.72. The average molecular weight is 308 g/mol. The van der Waals surface area contributed by atoms with Gasteiger partial charge in [0.2, 0.25) is 0 Å². The number of hydrogen-bond donors (Lipinski definition) is 1. The number of nitrogens with one attached hydrogen (secondary N) is 1. The summed E-state index contributed by atoms with van der Waals surface area (Å²) in [6.45, 7) is 10.6. The van der Waals surface area contributed by atoms with Crippen molar-refractivity contribution in [2.75, 3.05) is 6.54 Å². The Bertz CT molecular complexity index is 479. The maximum absolute atomic E-state index is 12.3. The first-order chi connectivity index (χ1) is 10.3. The molecule has 1 aliphatic rings. The molecule has 2 rings (SSSR count). The van der Waals surface area contributed by atoms with Gasteiger partial charge < -0.3 is 19.4 Å². The molecule has 1 aliphatic heterocycles. The highest BCUT2D eigenvalue weighted by atomic mass is 16.6. The number of nitrogens with zero attached hydrogens (tertiary/aromatic N) is 1. The third-order valence-corrected chi connectivity index (χ3v) is 4.05. The maximum atomic E-state index is 12.3. The number of rotatable bonds is 3. The van der Waals surface area contributed by atoms with Gasteiger partial charge in [-0.15, -0.1) is 0 Å². The Morgan fingerprint density at radius 3 is 2.82 bits per heavy atom. The minimum atomic E-state index is -0.460. The lowest BCUT2D eigenvalue weighted by molar-refractivity contribution is 0.00629. The molecule has 5 heteroatoms. The summed E-state index contributed by atoms with van der Waals surface area (Å²) in [6.07, 6.45) is 3.49. The van der Waals surface area contributed by atoms with Crippen molar-refractivity contribution in [2.45, 2.75) is 71.2 Å². The van der Waals surface area contributed by atoms with E-state index in [1.165, 1.54) is 0 Å². The fourth-order valence-corrected chi connectivity index (χ4v) is 2.89. The van der Waals surface area contributed by atoms with Gasteiger partial charge in [0, 0.05) is 18.6 Å². The Hall–Kier alpha value is -1.49. The first kappa shape index (κ1) is 16.9. The SMILES string of the molecule is CC(NC1CCCN(C(=O)OC(C)(C)C)C1C)c1ccco1. The number of amides is 1. The highest BCUT2D eigenvalue weighted by molar-refractivity contribution is 5.68. The quantitative estimate of drug-likeness (QED) is 0.924. The molecule has 5 nitrogen and oxygen atoms in total. The summed E-state index contributed by atoms with van der Waals surface area (Å²) in [5.74, 6) is 0.918. The molecule has 2 heterocycles. The topological polar surface area (TPSA) is 54.7 Å². The molecule has 22 heavy (non-hydrogen) atoms. The Morgan fingerprint density at radius 2 is 2.23 bits per heavy atom. The summed E-state index contributed by atoms with van der Waals surface area (Å²) in [5, 5.41) is 3.58. The number of ether oxygens (including phenoxy) is 1. The number of carbonyl (C=O) groups excluding carboxylic acids is 1. The van der Waals surface area contributed by atoms with Gasteiger partial charge in [-0.1, -0.05) is 0 Å². The highest BCUT2D eigenvalue weighted by Crippen LogP contribution is 2.23. The molecule has 0 radical (unpaired) electrons. The standard InChI is InChI=1S/C17H28N2O3/c1-12(15-9-7-11-21-15)18-14-8-6-10-19(13(14)2)16(20)22-17(3,4)5/h7,9,11-14,18H,6,8,10H2,1-5H3. The Balaban J connectivity index is 1.97. The molecule has 1 fully saturated rings. The summed E-state index contributed by atoms with van der Waals surface area (Å²) in [5.41, 5.74) is -0.460. The van der Waals surface area contributed by atoms with E-state index in [4.69, 9.17) is 9.15 Å². The summed E-state index contributed by atoms with van der Waals surface area (Å²) >= 11 is 0. The van der Waals surface area contributed by atoms with Crippen LogP contribution in [-0.4, -0.2) is 35.2 Å². The molecule has 0 saturated carbocycles. The molecule has 1 amide bonds. The fraction of sp³-hybridized carbons (Fsp3) is 0.706. The van der Waals surface area contributed by atoms with E-state index in [0.717, 1.165) is 25.1 Å². The first-order valence-electron chi connectivity index (χ1n) is 8.07. The van der Waals surface area contributed by atoms with E-state index in [-0.39, 0.29) is 24.2 Å². The van der Waals surface area contributed by atoms with E-state index < -0.39 is 5.60 Å². The number of carbonyl (C=O) groups is 1. The van der Waals surface area contributed by atoms with Gasteiger partial charge in [0.1, 0.15) is 11.4 Å². The van der Waals surface area contributed by atoms with Crippen molar-refractivity contribution in [3.05, 3.63) is 24.2 Å². The minimum Gasteiger partial charge on any atom is -0.468 e. The number of piperidine rings is 1. The zero-order chi connectivity index (χ0) is 16.3. The van der Waals surface area contributed by atoms with Crippen molar-refractivity contribution in [3.8, 4) is 0 Å². The van der Waals surface area contributed by atoms with Gasteiger partial charge in [-0.2, -0.15) is 0 Å². The molecule has 1 saturated heterocycles. The third-order valence-electron chi connectivity index (χ3n) is 4.05. The monoisotopic (exact) mass is 308 g/mol. The molecule has 3 atom stereocenters. The molecule has 1 aromatic rings. The van der Waals surface area contributed by atoms with Crippen molar-refractivity contribution in [1.29, 1.82) is 0 Å². The van der Waals surface area contributed by atoms with Crippen LogP contribution in [0.2, 0.25) is 0 Å². The fourth-order valence-electron chi connectivity index (χ4n) is 2.89. The van der Waals surface area contributed by atoms with Crippen LogP contribution >= 0.6 is 0 Å². The summed E-state index contributed by atoms with van der Waals surface area (Å²) in [4.78, 5) is 14.2. The zero-order valence-electron chi connectivity index (χ0n) is 14.3. The van der Waals surface area contributed by atoms with Crippen molar-refractivity contribution in [3.63, 3.8) is 0 Å². The molecule has 0 aromatic carbocycles. The van der Waals surface area contributed by atoms with E-state index in [1.54, 1.807) is 6.26 Å². The van der Waals surface area contributed by atoms with E-state index in [2.05, 4.69) is 19.2 Å². The van der Waals surface area contributed by atoms with Gasteiger partial charge in [-0.25, -0.2) is 4.79 Å². The van der Waals surface area contributed by atoms with Gasteiger partial charge in [0.25, 0.3) is 0 Å². The zero-order valence-corrected chi connectivity index (χ0v) is 14.3. The second-order valence-corrected chi connectivity index (χ2v) is 7.07. The van der Waals surface area contributed by atoms with Crippen LogP contribution in [0.1, 0.15) is 59.3 Å². The van der Waals surface area contributed by atoms with Gasteiger partial charge in [0.05, 0.1) is 12.3 Å². The minimum absolute atomic E-state index is 0.0982. The molecule has 0 bridgehead atoms. The summed E-state index contributed by atoms with van der Waals surface area (Å²) in [7, 11) is 0. The molecule has 124 valence electrons. The first-order valence-corrected chi connectivity index (χ1v) is 8.07. The lowest BCUT2D eigenvalue weighted by Gasteiger charge is -2.41. The number of likely N-dealkylation sites (tertiary alicyclic amines) is 1. The molecule has 1 aromatic heterocycles. The Morgan fingerprint density at radius 1 is 1.50 bits per heavy atom. The normalized spacial score (nSPS) is 24.1. The molecular weight excluding hydrogens is 280 g/mol. The van der Waals surface area contributed by atoms with Crippen molar-refractivity contribution in [2.24, 2.45) is 0 Å². The Kier molecular flexibility index (Phi) is 5.16. The molecule has 1 N–H and O–H groups in total. The van der Waals surface area contributed by atoms with Crippen molar-refractivity contribution >= 4 is 6.09 Å². The average Bonchev–Trinajstić information content (AvgIpc) is 2.93. The van der Waals surface area contributed by atoms with E-state index in [9.17, 15) is 4.79 Å². The molecule has 3 unspecified atom stereocenters. The van der Waals surface area contributed by atoms with E-state index in [0.29, 0.717) is 0 Å². The van der Waals surface area contributed by atoms with Crippen molar-refractivity contribution in [1.82, 2.24) is 10.2 Å². The summed E-state index contributed by atoms with van der Waals surface area (Å²) in [6, 6.07) is 4.32. The predicted molar refractivity (Wildman–Crippen MR) is 85.7 cm³/mol. The van der Waals surface area contributed by atoms with Crippen LogP contribution in [0.5, 0.6) is 0 Å². The van der Waals surface area contributed by atoms with Crippen LogP contribution in [0.4, 0.5) is 4.79 Å². The maximum Gasteiger partial charge on any atom is 0.410 e. The van der Waals surface area contributed by atoms with Gasteiger partial charge in [-0.05, 0) is 59.6 Å². The van der Waals surface area contributed by atoms with Crippen LogP contribution in [-0.2, 0) is 4.74 Å². The van der Waals surface area contributed by atoms with Crippen molar-refractivity contribution < 1.29 is 13.9 Å². The van der Waals surface area contributed by atoms with Gasteiger partial charge >= 0.3 is 6.09 Å². The second kappa shape index (κ2) is 6.73. The molecule has 0 aliphatic carbocycles. The summed E-state index contributed by atoms with van der Waals surface area (Å²) < 4.78 is 11.0. The second-order valence-electron chi connectivity index (χ2n) is 7.07. The highest BCUT2D eigenvalue weighted by Gasteiger charge is 2.34. The molecular formula is C17H28N2O3. The third kappa shape index (κ3) is 4.26. The van der Waals surface area contributed by atoms with Gasteiger partial charge in [0.15, 0.2) is 0 Å². The smallest absolute Gasteiger partial charge is 0.410 e. The molecule has 0 spiro atoms. The van der Waals surface area contributed by atoms with E-state index >= 15 is 0 Å². The number of hydrogen-bond acceptors (Lipinski definition) is 4. The van der Waals surface area contributed by atoms with E-state index in [1.807, 2.05) is 37.8 Å². The van der Waals surface area contributed by atoms with Crippen LogP contribution < -0.4 is 5.32 Å². The number of furan rings is 1. The lowest BCUT2D eigenvalue weighted by atomic mass is 9.97. The van der Waals surface area contributed by atoms with Crippen LogP contribution in [0.25, 0.3) is 0 Å². The lowest BCUT2D eigenvalue weighted by Crippen LogP contribution is -2.55. The van der Waals surface area contributed by atoms with Crippen LogP contribution in [0, 0.1) is 0 Å².